The first-order valence-corrected chi connectivity index (χ1v) is 7.83. The van der Waals surface area contributed by atoms with Crippen LogP contribution in [0.2, 0.25) is 0 Å². The number of carboxylic acid groups (broad SMARTS) is 1. The van der Waals surface area contributed by atoms with Gasteiger partial charge < -0.3 is 25.4 Å². The van der Waals surface area contributed by atoms with Crippen molar-refractivity contribution in [3.05, 3.63) is 0 Å². The van der Waals surface area contributed by atoms with Gasteiger partial charge in [-0.2, -0.15) is 0 Å². The molecule has 0 spiro atoms. The van der Waals surface area contributed by atoms with Gasteiger partial charge in [-0.3, -0.25) is 9.59 Å². The lowest BCUT2D eigenvalue weighted by atomic mass is 9.86. The summed E-state index contributed by atoms with van der Waals surface area (Å²) >= 11 is 0. The Bertz CT molecular complexity index is 494. The van der Waals surface area contributed by atoms with E-state index in [1.807, 2.05) is 0 Å². The van der Waals surface area contributed by atoms with Crippen LogP contribution in [-0.4, -0.2) is 64.8 Å². The molecule has 2 rings (SSSR count). The van der Waals surface area contributed by atoms with Gasteiger partial charge in [-0.1, -0.05) is 0 Å². The fraction of sp³-hybridized carbons (Fsp3) is 0.800. The van der Waals surface area contributed by atoms with E-state index >= 15 is 0 Å². The Kier molecular flexibility index (Phi) is 4.84. The molecule has 0 aromatic heterocycles. The van der Waals surface area contributed by atoms with Gasteiger partial charge in [0.1, 0.15) is 5.60 Å². The number of rotatable bonds is 5. The lowest BCUT2D eigenvalue weighted by molar-refractivity contribution is -0.141. The molecule has 0 radical (unpaired) electrons. The second-order valence-corrected chi connectivity index (χ2v) is 7.37. The molecular formula is C15H25N3O5. The van der Waals surface area contributed by atoms with Crippen molar-refractivity contribution in [2.24, 2.45) is 0 Å². The number of likely N-dealkylation sites (tertiary alicyclic amines) is 1. The van der Waals surface area contributed by atoms with Crippen LogP contribution in [0.3, 0.4) is 0 Å². The summed E-state index contributed by atoms with van der Waals surface area (Å²) in [5.74, 6) is -0.898. The number of nitrogens with zero attached hydrogens (tertiary/aromatic N) is 1. The molecule has 0 saturated carbocycles. The van der Waals surface area contributed by atoms with Crippen LogP contribution >= 0.6 is 0 Å². The van der Waals surface area contributed by atoms with Crippen molar-refractivity contribution in [2.75, 3.05) is 19.6 Å². The van der Waals surface area contributed by atoms with Crippen LogP contribution in [0.1, 0.15) is 40.0 Å². The second-order valence-electron chi connectivity index (χ2n) is 7.37. The maximum Gasteiger partial charge on any atom is 0.410 e. The van der Waals surface area contributed by atoms with E-state index in [0.29, 0.717) is 13.0 Å². The number of carboxylic acids is 1. The van der Waals surface area contributed by atoms with Crippen LogP contribution in [0.15, 0.2) is 0 Å². The molecule has 23 heavy (non-hydrogen) atoms. The number of aliphatic carboxylic acids is 1. The van der Waals surface area contributed by atoms with Crippen molar-refractivity contribution >= 4 is 18.0 Å². The number of hydrogen-bond acceptors (Lipinski definition) is 5. The van der Waals surface area contributed by atoms with Gasteiger partial charge in [0.25, 0.3) is 0 Å². The second kappa shape index (κ2) is 6.35. The summed E-state index contributed by atoms with van der Waals surface area (Å²) in [7, 11) is 0. The van der Waals surface area contributed by atoms with Crippen molar-refractivity contribution in [2.45, 2.75) is 57.2 Å². The summed E-state index contributed by atoms with van der Waals surface area (Å²) in [6.45, 7) is 6.44. The van der Waals surface area contributed by atoms with E-state index in [0.717, 1.165) is 6.42 Å². The maximum atomic E-state index is 12.0. The number of carbonyl (C=O) groups is 3. The summed E-state index contributed by atoms with van der Waals surface area (Å²) in [5.41, 5.74) is -1.24. The van der Waals surface area contributed by atoms with Crippen molar-refractivity contribution in [3.63, 3.8) is 0 Å². The molecule has 0 bridgehead atoms. The first kappa shape index (κ1) is 17.5. The van der Waals surface area contributed by atoms with Gasteiger partial charge in [0.15, 0.2) is 0 Å². The monoisotopic (exact) mass is 327 g/mol. The molecule has 8 nitrogen and oxygen atoms in total. The van der Waals surface area contributed by atoms with Crippen LogP contribution in [-0.2, 0) is 14.3 Å². The molecule has 0 aromatic carbocycles. The summed E-state index contributed by atoms with van der Waals surface area (Å²) in [4.78, 5) is 35.8. The van der Waals surface area contributed by atoms with E-state index in [4.69, 9.17) is 9.84 Å². The first-order valence-electron chi connectivity index (χ1n) is 7.83. The highest BCUT2D eigenvalue weighted by Crippen LogP contribution is 2.27. The molecule has 0 aliphatic carbocycles. The molecule has 3 N–H and O–H groups in total. The normalized spacial score (nSPS) is 23.2. The fourth-order valence-electron chi connectivity index (χ4n) is 2.89. The highest BCUT2D eigenvalue weighted by Gasteiger charge is 2.48. The number of hydrogen-bond donors (Lipinski definition) is 3. The number of amides is 2. The van der Waals surface area contributed by atoms with E-state index in [2.05, 4.69) is 10.6 Å². The highest BCUT2D eigenvalue weighted by atomic mass is 16.6. The highest BCUT2D eigenvalue weighted by molar-refractivity contribution is 5.78. The smallest absolute Gasteiger partial charge is 0.410 e. The van der Waals surface area contributed by atoms with E-state index in [1.54, 1.807) is 20.8 Å². The molecular weight excluding hydrogens is 302 g/mol. The Morgan fingerprint density at radius 3 is 2.57 bits per heavy atom. The third-order valence-corrected chi connectivity index (χ3v) is 3.94. The lowest BCUT2D eigenvalue weighted by Crippen LogP contribution is -2.72. The number of carbonyl (C=O) groups excluding carboxylic acids is 2. The maximum absolute atomic E-state index is 12.0. The topological polar surface area (TPSA) is 108 Å². The predicted molar refractivity (Wildman–Crippen MR) is 82.0 cm³/mol. The van der Waals surface area contributed by atoms with E-state index in [9.17, 15) is 14.4 Å². The summed E-state index contributed by atoms with van der Waals surface area (Å²) in [6.07, 6.45) is 0.731. The third kappa shape index (κ3) is 4.82. The van der Waals surface area contributed by atoms with Crippen LogP contribution in [0, 0.1) is 0 Å². The summed E-state index contributed by atoms with van der Waals surface area (Å²) < 4.78 is 5.29. The molecule has 2 saturated heterocycles. The molecule has 2 fully saturated rings. The van der Waals surface area contributed by atoms with E-state index in [1.165, 1.54) is 4.90 Å². The minimum atomic E-state index is -0.920. The first-order chi connectivity index (χ1) is 10.6. The average Bonchev–Trinajstić information content (AvgIpc) is 2.75. The zero-order valence-corrected chi connectivity index (χ0v) is 13.8. The van der Waals surface area contributed by atoms with Crippen LogP contribution in [0.25, 0.3) is 0 Å². The van der Waals surface area contributed by atoms with Crippen LogP contribution in [0.4, 0.5) is 4.79 Å². The molecule has 2 aliphatic rings. The van der Waals surface area contributed by atoms with Gasteiger partial charge in [0.05, 0.1) is 12.0 Å². The molecule has 8 heteroatoms. The average molecular weight is 327 g/mol. The van der Waals surface area contributed by atoms with E-state index < -0.39 is 23.2 Å². The Morgan fingerprint density at radius 1 is 1.43 bits per heavy atom. The summed E-state index contributed by atoms with van der Waals surface area (Å²) in [6, 6.07) is 0.0174. The Labute approximate surface area is 135 Å². The molecule has 2 aliphatic heterocycles. The third-order valence-electron chi connectivity index (χ3n) is 3.94. The zero-order chi connectivity index (χ0) is 17.3. The SMILES string of the molecule is CC(C)(C)OC(=O)N1CC(CC(=O)O)(NCC2CCC(=O)N2)C1. The van der Waals surface area contributed by atoms with Crippen molar-refractivity contribution in [1.29, 1.82) is 0 Å². The Hall–Kier alpha value is -1.83. The van der Waals surface area contributed by atoms with Gasteiger partial charge >= 0.3 is 12.1 Å². The Balaban J connectivity index is 1.88. The van der Waals surface area contributed by atoms with Crippen molar-refractivity contribution in [3.8, 4) is 0 Å². The van der Waals surface area contributed by atoms with Gasteiger partial charge in [0, 0.05) is 32.1 Å². The minimum Gasteiger partial charge on any atom is -0.481 e. The predicted octanol–water partition coefficient (Wildman–Crippen LogP) is 0.319. The van der Waals surface area contributed by atoms with Crippen molar-refractivity contribution < 1.29 is 24.2 Å². The largest absolute Gasteiger partial charge is 0.481 e. The molecule has 1 unspecified atom stereocenters. The zero-order valence-electron chi connectivity index (χ0n) is 13.8. The van der Waals surface area contributed by atoms with Gasteiger partial charge in [-0.05, 0) is 27.2 Å². The molecule has 2 amide bonds. The van der Waals surface area contributed by atoms with Gasteiger partial charge in [0.2, 0.25) is 5.91 Å². The minimum absolute atomic E-state index is 0.0174. The Morgan fingerprint density at radius 2 is 2.09 bits per heavy atom. The lowest BCUT2D eigenvalue weighted by Gasteiger charge is -2.50. The van der Waals surface area contributed by atoms with Crippen LogP contribution in [0.5, 0.6) is 0 Å². The van der Waals surface area contributed by atoms with Crippen molar-refractivity contribution in [1.82, 2.24) is 15.5 Å². The van der Waals surface area contributed by atoms with E-state index in [-0.39, 0.29) is 31.5 Å². The fourth-order valence-corrected chi connectivity index (χ4v) is 2.89. The van der Waals surface area contributed by atoms with Gasteiger partial charge in [-0.15, -0.1) is 0 Å². The quantitative estimate of drug-likeness (QED) is 0.671. The molecule has 2 heterocycles. The van der Waals surface area contributed by atoms with Crippen LogP contribution < -0.4 is 10.6 Å². The van der Waals surface area contributed by atoms with Gasteiger partial charge in [-0.25, -0.2) is 4.79 Å². The number of ether oxygens (including phenoxy) is 1. The number of nitrogens with one attached hydrogen (secondary N) is 2. The molecule has 130 valence electrons. The standard InChI is InChI=1S/C15H25N3O5/c1-14(2,3)23-13(22)18-8-15(9-18,6-12(20)21)16-7-10-4-5-11(19)17-10/h10,16H,4-9H2,1-3H3,(H,17,19)(H,20,21). The summed E-state index contributed by atoms with van der Waals surface area (Å²) in [5, 5.41) is 15.2. The molecule has 0 aromatic rings. The molecule has 1 atom stereocenters.